The molecule has 0 bridgehead atoms. The molecule has 0 radical (unpaired) electrons. The largest absolute Gasteiger partial charge is 0.497 e. The molecule has 2 unspecified atom stereocenters. The number of carboxylic acid groups (broad SMARTS) is 1. The number of carbonyl (C=O) groups is 2. The van der Waals surface area contributed by atoms with Crippen molar-refractivity contribution in [3.05, 3.63) is 59.2 Å². The summed E-state index contributed by atoms with van der Waals surface area (Å²) in [6, 6.07) is 12.2. The minimum Gasteiger partial charge on any atom is -0.497 e. The van der Waals surface area contributed by atoms with Gasteiger partial charge in [-0.15, -0.1) is 0 Å². The van der Waals surface area contributed by atoms with E-state index in [-0.39, 0.29) is 23.3 Å². The second-order valence-electron chi connectivity index (χ2n) is 6.75. The number of aromatic carboxylic acids is 1. The molecule has 0 heterocycles. The van der Waals surface area contributed by atoms with Gasteiger partial charge in [0.05, 0.1) is 19.8 Å². The minimum absolute atomic E-state index is 0.0747. The third-order valence-electron chi connectivity index (χ3n) is 4.94. The van der Waals surface area contributed by atoms with E-state index >= 15 is 0 Å². The highest BCUT2D eigenvalue weighted by Gasteiger charge is 2.46. The number of benzene rings is 2. The molecule has 0 spiro atoms. The second-order valence-corrected chi connectivity index (χ2v) is 6.75. The number of hydrogen-bond donors (Lipinski definition) is 1. The van der Waals surface area contributed by atoms with Gasteiger partial charge in [-0.2, -0.15) is 0 Å². The Labute approximate surface area is 158 Å². The number of amides is 1. The number of nitrogens with zero attached hydrogens (tertiary/aromatic N) is 1. The van der Waals surface area contributed by atoms with Crippen LogP contribution in [0.15, 0.2) is 42.5 Å². The van der Waals surface area contributed by atoms with Gasteiger partial charge in [0, 0.05) is 31.0 Å². The molecule has 1 amide bonds. The molecule has 0 aliphatic heterocycles. The van der Waals surface area contributed by atoms with Gasteiger partial charge in [0.15, 0.2) is 0 Å². The first kappa shape index (κ1) is 18.8. The molecule has 142 valence electrons. The number of methoxy groups -OCH3 is 2. The highest BCUT2D eigenvalue weighted by molar-refractivity contribution is 5.87. The third-order valence-corrected chi connectivity index (χ3v) is 4.94. The van der Waals surface area contributed by atoms with E-state index in [1.165, 1.54) is 0 Å². The van der Waals surface area contributed by atoms with Crippen LogP contribution in [-0.2, 0) is 11.3 Å². The molecule has 2 aromatic carbocycles. The van der Waals surface area contributed by atoms with Crippen LogP contribution >= 0.6 is 0 Å². The van der Waals surface area contributed by atoms with Crippen LogP contribution < -0.4 is 9.47 Å². The summed E-state index contributed by atoms with van der Waals surface area (Å²) in [6.07, 6.45) is 0.782. The van der Waals surface area contributed by atoms with Gasteiger partial charge in [-0.25, -0.2) is 4.79 Å². The average Bonchev–Trinajstić information content (AvgIpc) is 3.47. The first-order valence-electron chi connectivity index (χ1n) is 8.73. The molecule has 2 aromatic rings. The molecule has 2 atom stereocenters. The fourth-order valence-electron chi connectivity index (χ4n) is 3.33. The van der Waals surface area contributed by atoms with Gasteiger partial charge in [-0.1, -0.05) is 12.1 Å². The number of ether oxygens (including phenoxy) is 2. The van der Waals surface area contributed by atoms with E-state index in [0.717, 1.165) is 29.0 Å². The van der Waals surface area contributed by atoms with Gasteiger partial charge in [0.1, 0.15) is 11.5 Å². The van der Waals surface area contributed by atoms with Gasteiger partial charge in [-0.3, -0.25) is 4.79 Å². The highest BCUT2D eigenvalue weighted by Crippen LogP contribution is 2.52. The standard InChI is InChI=1S/C21H23NO5/c1-22(12-13-4-6-14(7-5-13)21(24)25)20(23)18-11-16(18)17-10-15(26-2)8-9-19(17)27-3/h4-10,16,18H,11-12H2,1-3H3,(H,24,25). The third kappa shape index (κ3) is 4.05. The topological polar surface area (TPSA) is 76.1 Å². The van der Waals surface area contributed by atoms with Crippen molar-refractivity contribution in [2.45, 2.75) is 18.9 Å². The van der Waals surface area contributed by atoms with Crippen LogP contribution in [0, 0.1) is 5.92 Å². The number of carboxylic acids is 1. The Hall–Kier alpha value is -3.02. The second kappa shape index (κ2) is 7.70. The molecule has 27 heavy (non-hydrogen) atoms. The van der Waals surface area contributed by atoms with Gasteiger partial charge in [0.25, 0.3) is 0 Å². The van der Waals surface area contributed by atoms with Crippen molar-refractivity contribution in [3.63, 3.8) is 0 Å². The van der Waals surface area contributed by atoms with Crippen molar-refractivity contribution in [1.82, 2.24) is 4.90 Å². The van der Waals surface area contributed by atoms with Gasteiger partial charge in [0.2, 0.25) is 5.91 Å². The summed E-state index contributed by atoms with van der Waals surface area (Å²) in [5.41, 5.74) is 2.13. The van der Waals surface area contributed by atoms with E-state index in [2.05, 4.69) is 0 Å². The van der Waals surface area contributed by atoms with Crippen molar-refractivity contribution in [1.29, 1.82) is 0 Å². The molecule has 1 aliphatic rings. The van der Waals surface area contributed by atoms with Crippen molar-refractivity contribution < 1.29 is 24.2 Å². The Bertz CT molecular complexity index is 846. The lowest BCUT2D eigenvalue weighted by Gasteiger charge is -2.18. The van der Waals surface area contributed by atoms with E-state index < -0.39 is 5.97 Å². The number of rotatable bonds is 7. The summed E-state index contributed by atoms with van der Waals surface area (Å²) in [4.78, 5) is 25.4. The van der Waals surface area contributed by atoms with E-state index in [1.807, 2.05) is 18.2 Å². The Balaban J connectivity index is 1.66. The molecule has 3 rings (SSSR count). The lowest BCUT2D eigenvalue weighted by atomic mass is 10.1. The lowest BCUT2D eigenvalue weighted by molar-refractivity contribution is -0.131. The Kier molecular flexibility index (Phi) is 5.35. The molecular formula is C21H23NO5. The number of hydrogen-bond acceptors (Lipinski definition) is 4. The van der Waals surface area contributed by atoms with E-state index in [9.17, 15) is 9.59 Å². The first-order chi connectivity index (χ1) is 12.9. The molecule has 0 aromatic heterocycles. The van der Waals surface area contributed by atoms with Gasteiger partial charge < -0.3 is 19.5 Å². The van der Waals surface area contributed by atoms with Crippen LogP contribution in [0.25, 0.3) is 0 Å². The summed E-state index contributed by atoms with van der Waals surface area (Å²) in [7, 11) is 5.01. The molecule has 1 aliphatic carbocycles. The van der Waals surface area contributed by atoms with E-state index in [4.69, 9.17) is 14.6 Å². The Morgan fingerprint density at radius 2 is 1.81 bits per heavy atom. The van der Waals surface area contributed by atoms with E-state index in [0.29, 0.717) is 6.54 Å². The zero-order chi connectivity index (χ0) is 19.6. The van der Waals surface area contributed by atoms with Crippen molar-refractivity contribution in [2.24, 2.45) is 5.92 Å². The fraction of sp³-hybridized carbons (Fsp3) is 0.333. The predicted octanol–water partition coefficient (Wildman–Crippen LogP) is 3.16. The zero-order valence-corrected chi connectivity index (χ0v) is 15.6. The first-order valence-corrected chi connectivity index (χ1v) is 8.73. The summed E-state index contributed by atoms with van der Waals surface area (Å²) in [6.45, 7) is 0.442. The van der Waals surface area contributed by atoms with Crippen LogP contribution in [0.3, 0.4) is 0 Å². The zero-order valence-electron chi connectivity index (χ0n) is 15.6. The summed E-state index contributed by atoms with van der Waals surface area (Å²) < 4.78 is 10.7. The number of carbonyl (C=O) groups excluding carboxylic acids is 1. The predicted molar refractivity (Wildman–Crippen MR) is 100 cm³/mol. The van der Waals surface area contributed by atoms with Crippen LogP contribution in [0.2, 0.25) is 0 Å². The summed E-state index contributed by atoms with van der Waals surface area (Å²) >= 11 is 0. The Morgan fingerprint density at radius 3 is 2.41 bits per heavy atom. The fourth-order valence-corrected chi connectivity index (χ4v) is 3.33. The van der Waals surface area contributed by atoms with E-state index in [1.54, 1.807) is 50.4 Å². The Morgan fingerprint density at radius 1 is 1.11 bits per heavy atom. The molecule has 1 fully saturated rings. The summed E-state index contributed by atoms with van der Waals surface area (Å²) in [5, 5.41) is 8.96. The normalized spacial score (nSPS) is 17.9. The smallest absolute Gasteiger partial charge is 0.335 e. The van der Waals surface area contributed by atoms with Crippen molar-refractivity contribution in [3.8, 4) is 11.5 Å². The molecule has 0 saturated heterocycles. The highest BCUT2D eigenvalue weighted by atomic mass is 16.5. The quantitative estimate of drug-likeness (QED) is 0.811. The molecule has 6 heteroatoms. The van der Waals surface area contributed by atoms with Crippen LogP contribution in [0.1, 0.15) is 33.8 Å². The maximum Gasteiger partial charge on any atom is 0.335 e. The molecule has 6 nitrogen and oxygen atoms in total. The SMILES string of the molecule is COc1ccc(OC)c(C2CC2C(=O)N(C)Cc2ccc(C(=O)O)cc2)c1. The van der Waals surface area contributed by atoms with Crippen molar-refractivity contribution in [2.75, 3.05) is 21.3 Å². The van der Waals surface area contributed by atoms with Crippen LogP contribution in [0.4, 0.5) is 0 Å². The van der Waals surface area contributed by atoms with Gasteiger partial charge in [-0.05, 0) is 42.3 Å². The monoisotopic (exact) mass is 369 g/mol. The molecule has 1 N–H and O–H groups in total. The van der Waals surface area contributed by atoms with Crippen LogP contribution in [-0.4, -0.2) is 43.2 Å². The molecular weight excluding hydrogens is 346 g/mol. The maximum absolute atomic E-state index is 12.8. The minimum atomic E-state index is -0.959. The average molecular weight is 369 g/mol. The van der Waals surface area contributed by atoms with Crippen LogP contribution in [0.5, 0.6) is 11.5 Å². The molecule has 1 saturated carbocycles. The van der Waals surface area contributed by atoms with Gasteiger partial charge >= 0.3 is 5.97 Å². The maximum atomic E-state index is 12.8. The summed E-state index contributed by atoms with van der Waals surface area (Å²) in [5.74, 6) is 0.679. The van der Waals surface area contributed by atoms with Crippen molar-refractivity contribution >= 4 is 11.9 Å². The lowest BCUT2D eigenvalue weighted by Crippen LogP contribution is -2.28.